The third-order valence-corrected chi connectivity index (χ3v) is 9.39. The zero-order valence-electron chi connectivity index (χ0n) is 25.2. The Labute approximate surface area is 252 Å². The summed E-state index contributed by atoms with van der Waals surface area (Å²) in [7, 11) is -3.48. The normalized spacial score (nSPS) is 20.4. The van der Waals surface area contributed by atoms with E-state index in [4.69, 9.17) is 4.74 Å². The van der Waals surface area contributed by atoms with Crippen LogP contribution in [0.15, 0.2) is 46.4 Å². The van der Waals surface area contributed by atoms with Crippen molar-refractivity contribution in [1.82, 2.24) is 24.8 Å². The average molecular weight is 611 g/mol. The van der Waals surface area contributed by atoms with Crippen LogP contribution in [-0.4, -0.2) is 78.2 Å². The second kappa shape index (κ2) is 13.4. The van der Waals surface area contributed by atoms with Gasteiger partial charge in [0.15, 0.2) is 9.84 Å². The monoisotopic (exact) mass is 610 g/mol. The number of H-pyrrole nitrogens is 1. The van der Waals surface area contributed by atoms with Gasteiger partial charge in [-0.15, -0.1) is 0 Å². The fourth-order valence-electron chi connectivity index (χ4n) is 6.03. The van der Waals surface area contributed by atoms with E-state index in [2.05, 4.69) is 25.2 Å². The lowest BCUT2D eigenvalue weighted by molar-refractivity contribution is -0.126. The van der Waals surface area contributed by atoms with E-state index < -0.39 is 15.7 Å². The van der Waals surface area contributed by atoms with Crippen LogP contribution in [0.4, 0.5) is 0 Å². The molecule has 0 unspecified atom stereocenters. The standard InChI is InChI=1S/C31H42N6O5S/c1-21(2)33-29(38)22-10-12-24(13-11-22)37-27-19-28(42-17-16-36-14-5-4-6-15-36)32-20-26(27)34-31(37)35-30(39)23-8-7-9-25(18-23)43(3,40)41/h7-9,18-22,24H,4-6,10-17H2,1-3H3,(H,33,38)(H,34,35,39). The number of sulfone groups is 1. The molecule has 3 aromatic rings. The Morgan fingerprint density at radius 1 is 1.12 bits per heavy atom. The number of imidazole rings is 1. The van der Waals surface area contributed by atoms with Gasteiger partial charge in [0.2, 0.25) is 17.4 Å². The highest BCUT2D eigenvalue weighted by Crippen LogP contribution is 2.34. The molecule has 1 saturated carbocycles. The van der Waals surface area contributed by atoms with Gasteiger partial charge in [-0.05, 0) is 83.7 Å². The number of aromatic amines is 1. The third-order valence-electron chi connectivity index (χ3n) is 8.28. The van der Waals surface area contributed by atoms with Crippen LogP contribution >= 0.6 is 0 Å². The molecule has 2 fully saturated rings. The molecule has 0 radical (unpaired) electrons. The number of likely N-dealkylation sites (tertiary alicyclic amines) is 1. The fourth-order valence-corrected chi connectivity index (χ4v) is 6.70. The quantitative estimate of drug-likeness (QED) is 0.377. The van der Waals surface area contributed by atoms with Gasteiger partial charge >= 0.3 is 0 Å². The molecule has 0 spiro atoms. The van der Waals surface area contributed by atoms with Crippen LogP contribution in [0.3, 0.4) is 0 Å². The smallest absolute Gasteiger partial charge is 0.280 e. The van der Waals surface area contributed by atoms with Crippen LogP contribution in [-0.2, 0) is 14.6 Å². The molecule has 43 heavy (non-hydrogen) atoms. The van der Waals surface area contributed by atoms with Crippen molar-refractivity contribution in [2.24, 2.45) is 10.9 Å². The number of ether oxygens (including phenoxy) is 1. The summed E-state index contributed by atoms with van der Waals surface area (Å²) in [5, 5.41) is 3.03. The van der Waals surface area contributed by atoms with E-state index in [1.54, 1.807) is 18.3 Å². The summed E-state index contributed by atoms with van der Waals surface area (Å²) >= 11 is 0. The maximum atomic E-state index is 13.3. The van der Waals surface area contributed by atoms with E-state index in [9.17, 15) is 18.0 Å². The molecular weight excluding hydrogens is 568 g/mol. The number of aromatic nitrogens is 3. The number of carbonyl (C=O) groups excluding carboxylic acids is 2. The molecule has 232 valence electrons. The highest BCUT2D eigenvalue weighted by Gasteiger charge is 2.29. The van der Waals surface area contributed by atoms with Gasteiger partial charge in [0.1, 0.15) is 6.61 Å². The SMILES string of the molecule is CC(C)NC(=O)C1CCC(n2/c(=N/C(=O)c3cccc(S(C)(=O)=O)c3)[nH]c3cnc(OCCN4CCCCC4)cc32)CC1. The number of hydrogen-bond donors (Lipinski definition) is 2. The van der Waals surface area contributed by atoms with Gasteiger partial charge < -0.3 is 19.6 Å². The number of pyridine rings is 1. The van der Waals surface area contributed by atoms with E-state index in [1.165, 1.54) is 31.4 Å². The first-order chi connectivity index (χ1) is 20.6. The average Bonchev–Trinajstić information content (AvgIpc) is 3.34. The Morgan fingerprint density at radius 3 is 2.56 bits per heavy atom. The summed E-state index contributed by atoms with van der Waals surface area (Å²) in [5.74, 6) is -0.0277. The van der Waals surface area contributed by atoms with E-state index >= 15 is 0 Å². The van der Waals surface area contributed by atoms with E-state index in [0.717, 1.165) is 57.1 Å². The van der Waals surface area contributed by atoms with Crippen LogP contribution in [0.25, 0.3) is 11.0 Å². The topological polar surface area (TPSA) is 139 Å². The second-order valence-electron chi connectivity index (χ2n) is 12.0. The van der Waals surface area contributed by atoms with Gasteiger partial charge in [-0.25, -0.2) is 13.4 Å². The fraction of sp³-hybridized carbons (Fsp3) is 0.548. The van der Waals surface area contributed by atoms with E-state index in [0.29, 0.717) is 23.6 Å². The van der Waals surface area contributed by atoms with Crippen LogP contribution in [0.5, 0.6) is 5.88 Å². The first-order valence-electron chi connectivity index (χ1n) is 15.2. The minimum atomic E-state index is -3.48. The van der Waals surface area contributed by atoms with Gasteiger partial charge in [0.05, 0.1) is 22.1 Å². The zero-order chi connectivity index (χ0) is 30.6. The largest absolute Gasteiger partial charge is 0.476 e. The van der Waals surface area contributed by atoms with Crippen molar-refractivity contribution < 1.29 is 22.7 Å². The molecule has 2 N–H and O–H groups in total. The van der Waals surface area contributed by atoms with Gasteiger partial charge in [0, 0.05) is 42.4 Å². The number of carbonyl (C=O) groups is 2. The number of fused-ring (bicyclic) bond motifs is 1. The molecule has 11 nitrogen and oxygen atoms in total. The molecule has 5 rings (SSSR count). The van der Waals surface area contributed by atoms with Crippen molar-refractivity contribution in [3.63, 3.8) is 0 Å². The maximum Gasteiger partial charge on any atom is 0.280 e. The maximum absolute atomic E-state index is 13.3. The third kappa shape index (κ3) is 7.72. The van der Waals surface area contributed by atoms with Gasteiger partial charge in [0.25, 0.3) is 5.91 Å². The summed E-state index contributed by atoms with van der Waals surface area (Å²) in [6, 6.07) is 7.87. The minimum Gasteiger partial charge on any atom is -0.476 e. The number of benzene rings is 1. The predicted octanol–water partition coefficient (Wildman–Crippen LogP) is 3.63. The predicted molar refractivity (Wildman–Crippen MR) is 164 cm³/mol. The molecule has 1 aromatic carbocycles. The highest BCUT2D eigenvalue weighted by atomic mass is 32.2. The summed E-state index contributed by atoms with van der Waals surface area (Å²) in [4.78, 5) is 40.7. The van der Waals surface area contributed by atoms with Gasteiger partial charge in [-0.1, -0.05) is 12.5 Å². The van der Waals surface area contributed by atoms with Gasteiger partial charge in [-0.3, -0.25) is 14.5 Å². The van der Waals surface area contributed by atoms with Crippen molar-refractivity contribution in [3.05, 3.63) is 47.7 Å². The van der Waals surface area contributed by atoms with Gasteiger partial charge in [-0.2, -0.15) is 4.99 Å². The Kier molecular flexibility index (Phi) is 9.65. The lowest BCUT2D eigenvalue weighted by Gasteiger charge is -2.29. The molecule has 2 aromatic heterocycles. The van der Waals surface area contributed by atoms with E-state index in [1.807, 2.05) is 24.5 Å². The van der Waals surface area contributed by atoms with Crippen molar-refractivity contribution in [3.8, 4) is 5.88 Å². The second-order valence-corrected chi connectivity index (χ2v) is 14.0. The molecule has 1 aliphatic carbocycles. The van der Waals surface area contributed by atoms with Crippen molar-refractivity contribution in [2.75, 3.05) is 32.5 Å². The molecule has 2 amide bonds. The molecule has 1 saturated heterocycles. The first-order valence-corrected chi connectivity index (χ1v) is 17.1. The minimum absolute atomic E-state index is 0.00523. The molecule has 0 bridgehead atoms. The van der Waals surface area contributed by atoms with Crippen LogP contribution < -0.4 is 15.7 Å². The van der Waals surface area contributed by atoms with Crippen LogP contribution in [0.2, 0.25) is 0 Å². The van der Waals surface area contributed by atoms with Crippen molar-refractivity contribution >= 4 is 32.7 Å². The first kappa shape index (κ1) is 30.9. The Bertz CT molecular complexity index is 1630. The summed E-state index contributed by atoms with van der Waals surface area (Å²) < 4.78 is 32.2. The summed E-state index contributed by atoms with van der Waals surface area (Å²) in [5.41, 5.74) is 2.06. The van der Waals surface area contributed by atoms with Crippen LogP contribution in [0, 0.1) is 5.92 Å². The molecule has 12 heteroatoms. The number of hydrogen-bond acceptors (Lipinski definition) is 7. The Balaban J connectivity index is 1.45. The summed E-state index contributed by atoms with van der Waals surface area (Å²) in [6.45, 7) is 7.49. The molecular formula is C31H42N6O5S. The number of rotatable bonds is 9. The highest BCUT2D eigenvalue weighted by molar-refractivity contribution is 7.90. The number of nitrogens with one attached hydrogen (secondary N) is 2. The van der Waals surface area contributed by atoms with Crippen molar-refractivity contribution in [1.29, 1.82) is 0 Å². The Morgan fingerprint density at radius 2 is 1.86 bits per heavy atom. The molecule has 0 atom stereocenters. The zero-order valence-corrected chi connectivity index (χ0v) is 26.0. The molecule has 1 aliphatic heterocycles. The number of piperidine rings is 1. The lowest BCUT2D eigenvalue weighted by Crippen LogP contribution is -2.38. The molecule has 3 heterocycles. The summed E-state index contributed by atoms with van der Waals surface area (Å²) in [6.07, 6.45) is 9.44. The number of amides is 2. The van der Waals surface area contributed by atoms with Crippen LogP contribution in [0.1, 0.15) is 75.2 Å². The Hall–Kier alpha value is -3.51. The lowest BCUT2D eigenvalue weighted by atomic mass is 9.85. The molecule has 2 aliphatic rings. The van der Waals surface area contributed by atoms with E-state index in [-0.39, 0.29) is 34.4 Å². The van der Waals surface area contributed by atoms with Crippen molar-refractivity contribution in [2.45, 2.75) is 75.8 Å². The number of nitrogens with zero attached hydrogens (tertiary/aromatic N) is 4.